The fourth-order valence-electron chi connectivity index (χ4n) is 6.46. The van der Waals surface area contributed by atoms with E-state index in [1.54, 1.807) is 0 Å². The summed E-state index contributed by atoms with van der Waals surface area (Å²) < 4.78 is 0. The molecule has 0 aromatic heterocycles. The number of fused-ring (bicyclic) bond motifs is 3. The van der Waals surface area contributed by atoms with Gasteiger partial charge in [-0.2, -0.15) is 0 Å². The van der Waals surface area contributed by atoms with Gasteiger partial charge in [0.25, 0.3) is 0 Å². The topological polar surface area (TPSA) is 41.1 Å². The van der Waals surface area contributed by atoms with Gasteiger partial charge in [0.2, 0.25) is 5.91 Å². The first kappa shape index (κ1) is 20.6. The number of para-hydroxylation sites is 1. The smallest absolute Gasteiger partial charge is 0.243 e. The molecule has 2 unspecified atom stereocenters. The van der Waals surface area contributed by atoms with Crippen molar-refractivity contribution < 1.29 is 4.79 Å². The predicted molar refractivity (Wildman–Crippen MR) is 127 cm³/mol. The van der Waals surface area contributed by atoms with Gasteiger partial charge in [0.05, 0.1) is 6.04 Å². The van der Waals surface area contributed by atoms with Crippen LogP contribution in [0.1, 0.15) is 92.5 Å². The molecule has 0 saturated heterocycles. The lowest BCUT2D eigenvalue weighted by Gasteiger charge is -2.37. The van der Waals surface area contributed by atoms with E-state index >= 15 is 0 Å². The molecule has 2 aromatic carbocycles. The lowest BCUT2D eigenvalue weighted by Crippen LogP contribution is -2.51. The van der Waals surface area contributed by atoms with E-state index in [-0.39, 0.29) is 23.4 Å². The zero-order valence-electron chi connectivity index (χ0n) is 18.9. The molecule has 5 rings (SSSR count). The van der Waals surface area contributed by atoms with E-state index in [1.807, 2.05) is 0 Å². The van der Waals surface area contributed by atoms with Crippen LogP contribution in [-0.4, -0.2) is 11.9 Å². The number of anilines is 1. The first-order chi connectivity index (χ1) is 15.2. The van der Waals surface area contributed by atoms with Crippen LogP contribution in [0.25, 0.3) is 0 Å². The number of benzene rings is 2. The molecule has 3 heteroatoms. The van der Waals surface area contributed by atoms with E-state index in [0.717, 1.165) is 32.1 Å². The van der Waals surface area contributed by atoms with Crippen molar-refractivity contribution in [2.45, 2.75) is 95.1 Å². The minimum atomic E-state index is -0.171. The molecule has 1 aliphatic heterocycles. The van der Waals surface area contributed by atoms with E-state index in [1.165, 1.54) is 66.5 Å². The summed E-state index contributed by atoms with van der Waals surface area (Å²) in [6.45, 7) is 2.17. The minimum absolute atomic E-state index is 0.0794. The fourth-order valence-corrected chi connectivity index (χ4v) is 6.46. The molecule has 1 fully saturated rings. The van der Waals surface area contributed by atoms with Crippen LogP contribution in [0.3, 0.4) is 0 Å². The summed E-state index contributed by atoms with van der Waals surface area (Å²) in [6, 6.07) is 15.3. The van der Waals surface area contributed by atoms with Gasteiger partial charge < -0.3 is 10.6 Å². The van der Waals surface area contributed by atoms with Crippen LogP contribution in [0.2, 0.25) is 0 Å². The molecule has 3 aliphatic rings. The van der Waals surface area contributed by atoms with Crippen LogP contribution in [0.15, 0.2) is 42.5 Å². The summed E-state index contributed by atoms with van der Waals surface area (Å²) in [4.78, 5) is 13.9. The molecule has 2 atom stereocenters. The van der Waals surface area contributed by atoms with Gasteiger partial charge in [0.1, 0.15) is 6.04 Å². The summed E-state index contributed by atoms with van der Waals surface area (Å²) in [5.74, 6) is 0.191. The Balaban J connectivity index is 1.47. The highest BCUT2D eigenvalue weighted by molar-refractivity contribution is 5.91. The largest absolute Gasteiger partial charge is 0.373 e. The van der Waals surface area contributed by atoms with Crippen molar-refractivity contribution in [1.29, 1.82) is 0 Å². The Labute approximate surface area is 187 Å². The molecule has 1 heterocycles. The second kappa shape index (κ2) is 8.68. The second-order valence-corrected chi connectivity index (χ2v) is 10.0. The summed E-state index contributed by atoms with van der Waals surface area (Å²) in [6.07, 6.45) is 13.2. The average molecular weight is 417 g/mol. The first-order valence-corrected chi connectivity index (χ1v) is 12.4. The van der Waals surface area contributed by atoms with Gasteiger partial charge in [0.15, 0.2) is 0 Å². The number of carbonyl (C=O) groups excluding carboxylic acids is 1. The van der Waals surface area contributed by atoms with Crippen molar-refractivity contribution in [3.05, 3.63) is 64.7 Å². The van der Waals surface area contributed by atoms with Crippen molar-refractivity contribution in [2.75, 3.05) is 5.32 Å². The number of hydrogen-bond donors (Lipinski definition) is 2. The molecule has 0 bridgehead atoms. The maximum Gasteiger partial charge on any atom is 0.243 e. The van der Waals surface area contributed by atoms with Gasteiger partial charge in [-0.3, -0.25) is 4.79 Å². The van der Waals surface area contributed by atoms with Crippen LogP contribution in [0.4, 0.5) is 5.69 Å². The van der Waals surface area contributed by atoms with Gasteiger partial charge in [-0.05, 0) is 61.3 Å². The quantitative estimate of drug-likeness (QED) is 0.598. The molecule has 2 N–H and O–H groups in total. The number of rotatable bonds is 2. The molecule has 1 amide bonds. The standard InChI is InChI=1S/C28H36N2O/c1-20-12-10-16-23-25(20)30-26(28(23)18-8-4-2-3-5-9-19-28)27(31)29-24-17-11-14-21-13-6-7-15-22(21)24/h6-7,10,12-13,15-16,24,26,30H,2-5,8-9,11,14,17-19H2,1H3,(H,29,31). The lowest BCUT2D eigenvalue weighted by molar-refractivity contribution is -0.124. The Morgan fingerprint density at radius 1 is 0.935 bits per heavy atom. The van der Waals surface area contributed by atoms with Crippen molar-refractivity contribution in [3.63, 3.8) is 0 Å². The molecule has 31 heavy (non-hydrogen) atoms. The van der Waals surface area contributed by atoms with Crippen LogP contribution < -0.4 is 10.6 Å². The maximum atomic E-state index is 13.9. The third-order valence-electron chi connectivity index (χ3n) is 8.09. The summed E-state index contributed by atoms with van der Waals surface area (Å²) in [5, 5.41) is 7.23. The van der Waals surface area contributed by atoms with E-state index < -0.39 is 0 Å². The first-order valence-electron chi connectivity index (χ1n) is 12.4. The second-order valence-electron chi connectivity index (χ2n) is 10.0. The summed E-state index contributed by atoms with van der Waals surface area (Å²) >= 11 is 0. The third-order valence-corrected chi connectivity index (χ3v) is 8.09. The zero-order chi connectivity index (χ0) is 21.3. The fraction of sp³-hybridized carbons (Fsp3) is 0.536. The summed E-state index contributed by atoms with van der Waals surface area (Å²) in [5.41, 5.74) is 6.50. The Bertz CT molecular complexity index is 940. The van der Waals surface area contributed by atoms with Gasteiger partial charge in [-0.1, -0.05) is 81.0 Å². The SMILES string of the molecule is Cc1cccc2c1NC(C(=O)NC1CCCc3ccccc31)C21CCCCCCCC1. The molecule has 3 nitrogen and oxygen atoms in total. The molecular weight excluding hydrogens is 380 g/mol. The number of amides is 1. The van der Waals surface area contributed by atoms with Crippen LogP contribution in [0, 0.1) is 6.92 Å². The average Bonchev–Trinajstić information content (AvgIpc) is 3.17. The predicted octanol–water partition coefficient (Wildman–Crippen LogP) is 6.36. The number of aryl methyl sites for hydroxylation is 2. The molecule has 0 radical (unpaired) electrons. The van der Waals surface area contributed by atoms with Gasteiger partial charge >= 0.3 is 0 Å². The minimum Gasteiger partial charge on any atom is -0.373 e. The molecule has 1 spiro atoms. The highest BCUT2D eigenvalue weighted by atomic mass is 16.2. The van der Waals surface area contributed by atoms with Crippen LogP contribution in [-0.2, 0) is 16.6 Å². The summed E-state index contributed by atoms with van der Waals surface area (Å²) in [7, 11) is 0. The van der Waals surface area contributed by atoms with E-state index in [0.29, 0.717) is 0 Å². The van der Waals surface area contributed by atoms with Gasteiger partial charge in [0, 0.05) is 11.1 Å². The van der Waals surface area contributed by atoms with E-state index in [9.17, 15) is 4.79 Å². The number of nitrogens with one attached hydrogen (secondary N) is 2. The van der Waals surface area contributed by atoms with Crippen molar-refractivity contribution in [2.24, 2.45) is 0 Å². The van der Waals surface area contributed by atoms with E-state index in [4.69, 9.17) is 0 Å². The molecule has 1 saturated carbocycles. The van der Waals surface area contributed by atoms with Gasteiger partial charge in [-0.15, -0.1) is 0 Å². The Kier molecular flexibility index (Phi) is 5.77. The number of hydrogen-bond acceptors (Lipinski definition) is 2. The van der Waals surface area contributed by atoms with Crippen molar-refractivity contribution in [3.8, 4) is 0 Å². The Hall–Kier alpha value is -2.29. The highest BCUT2D eigenvalue weighted by Gasteiger charge is 2.50. The molecule has 164 valence electrons. The maximum absolute atomic E-state index is 13.9. The van der Waals surface area contributed by atoms with Crippen molar-refractivity contribution in [1.82, 2.24) is 5.32 Å². The molecule has 2 aromatic rings. The van der Waals surface area contributed by atoms with Crippen LogP contribution in [0.5, 0.6) is 0 Å². The normalized spacial score (nSPS) is 24.8. The third kappa shape index (κ3) is 3.77. The number of carbonyl (C=O) groups is 1. The van der Waals surface area contributed by atoms with Crippen molar-refractivity contribution >= 4 is 11.6 Å². The Morgan fingerprint density at radius 2 is 1.68 bits per heavy atom. The zero-order valence-corrected chi connectivity index (χ0v) is 18.9. The monoisotopic (exact) mass is 416 g/mol. The highest BCUT2D eigenvalue weighted by Crippen LogP contribution is 2.50. The molecule has 2 aliphatic carbocycles. The van der Waals surface area contributed by atoms with E-state index in [2.05, 4.69) is 60.0 Å². The Morgan fingerprint density at radius 3 is 2.48 bits per heavy atom. The lowest BCUT2D eigenvalue weighted by atomic mass is 9.69. The van der Waals surface area contributed by atoms with Gasteiger partial charge in [-0.25, -0.2) is 0 Å². The molecular formula is C28H36N2O. The van der Waals surface area contributed by atoms with Crippen LogP contribution >= 0.6 is 0 Å².